The topological polar surface area (TPSA) is 72.8 Å². The van der Waals surface area contributed by atoms with E-state index in [-0.39, 0.29) is 17.7 Å². The number of carboxylic acid groups (broad SMARTS) is 1. The lowest BCUT2D eigenvalue weighted by Crippen LogP contribution is -2.05. The minimum absolute atomic E-state index is 0.0483. The Hall–Kier alpha value is -3.22. The highest BCUT2D eigenvalue weighted by atomic mass is 19.3. The maximum Gasteiger partial charge on any atom is 0.387 e. The summed E-state index contributed by atoms with van der Waals surface area (Å²) in [5, 5.41) is 8.94. The second-order valence-electron chi connectivity index (χ2n) is 5.21. The first-order chi connectivity index (χ1) is 12.4. The van der Waals surface area contributed by atoms with Gasteiger partial charge >= 0.3 is 12.6 Å². The minimum Gasteiger partial charge on any atom is -0.496 e. The van der Waals surface area contributed by atoms with Crippen LogP contribution in [0.25, 0.3) is 6.08 Å². The normalized spacial score (nSPS) is 10.9. The van der Waals surface area contributed by atoms with Crippen LogP contribution in [-0.2, 0) is 11.2 Å². The van der Waals surface area contributed by atoms with Gasteiger partial charge in [-0.25, -0.2) is 0 Å². The number of ketones is 1. The van der Waals surface area contributed by atoms with E-state index in [9.17, 15) is 18.4 Å². The Morgan fingerprint density at radius 2 is 1.88 bits per heavy atom. The van der Waals surface area contributed by atoms with Crippen molar-refractivity contribution >= 4 is 17.8 Å². The molecule has 1 N–H and O–H groups in total. The van der Waals surface area contributed by atoms with E-state index in [1.807, 2.05) is 0 Å². The molecule has 0 saturated carbocycles. The molecule has 26 heavy (non-hydrogen) atoms. The van der Waals surface area contributed by atoms with Gasteiger partial charge in [0.2, 0.25) is 0 Å². The molecule has 2 aromatic carbocycles. The zero-order chi connectivity index (χ0) is 19.1. The number of para-hydroxylation sites is 1. The quantitative estimate of drug-likeness (QED) is 0.571. The SMILES string of the molecule is COc1ccc(C(=O)/C=C/c2ccccc2OC(F)F)cc1CC(=O)O. The van der Waals surface area contributed by atoms with Gasteiger partial charge in [0.15, 0.2) is 5.78 Å². The molecule has 0 fully saturated rings. The standard InChI is InChI=1S/C19H16F2O5/c1-25-16-9-7-13(10-14(16)11-18(23)24)15(22)8-6-12-4-2-3-5-17(12)26-19(20)21/h2-10,19H,11H2,1H3,(H,23,24)/b8-6+. The molecule has 7 heteroatoms. The van der Waals surface area contributed by atoms with Gasteiger partial charge in [-0.05, 0) is 36.4 Å². The first kappa shape index (κ1) is 19.1. The van der Waals surface area contributed by atoms with Crippen molar-refractivity contribution in [2.75, 3.05) is 7.11 Å². The number of hydrogen-bond donors (Lipinski definition) is 1. The third-order valence-corrected chi connectivity index (χ3v) is 3.46. The van der Waals surface area contributed by atoms with Gasteiger partial charge in [-0.3, -0.25) is 9.59 Å². The van der Waals surface area contributed by atoms with E-state index in [4.69, 9.17) is 9.84 Å². The fourth-order valence-corrected chi connectivity index (χ4v) is 2.32. The van der Waals surface area contributed by atoms with Crippen molar-refractivity contribution < 1.29 is 33.0 Å². The van der Waals surface area contributed by atoms with Gasteiger partial charge in [-0.15, -0.1) is 0 Å². The molecule has 0 saturated heterocycles. The number of alkyl halides is 2. The third kappa shape index (κ3) is 5.14. The van der Waals surface area contributed by atoms with Crippen LogP contribution in [0.3, 0.4) is 0 Å². The second-order valence-corrected chi connectivity index (χ2v) is 5.21. The highest BCUT2D eigenvalue weighted by Gasteiger charge is 2.12. The first-order valence-corrected chi connectivity index (χ1v) is 7.55. The van der Waals surface area contributed by atoms with E-state index >= 15 is 0 Å². The minimum atomic E-state index is -2.97. The molecular weight excluding hydrogens is 346 g/mol. The number of carbonyl (C=O) groups is 2. The van der Waals surface area contributed by atoms with Gasteiger partial charge in [0.25, 0.3) is 0 Å². The van der Waals surface area contributed by atoms with Crippen molar-refractivity contribution in [3.05, 3.63) is 65.2 Å². The predicted molar refractivity (Wildman–Crippen MR) is 90.8 cm³/mol. The number of carbonyl (C=O) groups excluding carboxylic acids is 1. The van der Waals surface area contributed by atoms with Gasteiger partial charge < -0.3 is 14.6 Å². The Balaban J connectivity index is 2.25. The lowest BCUT2D eigenvalue weighted by molar-refractivity contribution is -0.136. The van der Waals surface area contributed by atoms with Crippen LogP contribution >= 0.6 is 0 Å². The number of allylic oxidation sites excluding steroid dienone is 1. The Kier molecular flexibility index (Phi) is 6.43. The van der Waals surface area contributed by atoms with Crippen molar-refractivity contribution in [3.8, 4) is 11.5 Å². The van der Waals surface area contributed by atoms with E-state index < -0.39 is 18.4 Å². The van der Waals surface area contributed by atoms with Gasteiger partial charge in [-0.2, -0.15) is 8.78 Å². The molecule has 0 radical (unpaired) electrons. The van der Waals surface area contributed by atoms with Gasteiger partial charge in [0, 0.05) is 16.7 Å². The summed E-state index contributed by atoms with van der Waals surface area (Å²) >= 11 is 0. The Morgan fingerprint density at radius 1 is 1.15 bits per heavy atom. The van der Waals surface area contributed by atoms with Gasteiger partial charge in [0.05, 0.1) is 13.5 Å². The second kappa shape index (κ2) is 8.75. The number of benzene rings is 2. The molecule has 2 rings (SSSR count). The van der Waals surface area contributed by atoms with Crippen LogP contribution in [0.1, 0.15) is 21.5 Å². The molecule has 0 bridgehead atoms. The lowest BCUT2D eigenvalue weighted by atomic mass is 10.0. The molecule has 136 valence electrons. The fraction of sp³-hybridized carbons (Fsp3) is 0.158. The maximum absolute atomic E-state index is 12.4. The number of methoxy groups -OCH3 is 1. The van der Waals surface area contributed by atoms with Gasteiger partial charge in [0.1, 0.15) is 11.5 Å². The number of ether oxygens (including phenoxy) is 2. The number of hydrogen-bond acceptors (Lipinski definition) is 4. The molecule has 0 atom stereocenters. The molecule has 2 aromatic rings. The Labute approximate surface area is 148 Å². The van der Waals surface area contributed by atoms with Crippen LogP contribution in [0.2, 0.25) is 0 Å². The fourth-order valence-electron chi connectivity index (χ4n) is 2.32. The molecule has 0 aliphatic rings. The lowest BCUT2D eigenvalue weighted by Gasteiger charge is -2.08. The molecule has 0 heterocycles. The van der Waals surface area contributed by atoms with E-state index in [0.29, 0.717) is 16.9 Å². The smallest absolute Gasteiger partial charge is 0.387 e. The monoisotopic (exact) mass is 362 g/mol. The molecular formula is C19H16F2O5. The average molecular weight is 362 g/mol. The zero-order valence-electron chi connectivity index (χ0n) is 13.8. The summed E-state index contributed by atoms with van der Waals surface area (Å²) in [5.41, 5.74) is 0.937. The summed E-state index contributed by atoms with van der Waals surface area (Å²) in [6, 6.07) is 10.5. The largest absolute Gasteiger partial charge is 0.496 e. The zero-order valence-corrected chi connectivity index (χ0v) is 13.8. The number of aliphatic carboxylic acids is 1. The Bertz CT molecular complexity index is 830. The number of halogens is 2. The average Bonchev–Trinajstić information content (AvgIpc) is 2.59. The van der Waals surface area contributed by atoms with Crippen molar-refractivity contribution in [2.45, 2.75) is 13.0 Å². The summed E-state index contributed by atoms with van der Waals surface area (Å²) in [4.78, 5) is 23.2. The summed E-state index contributed by atoms with van der Waals surface area (Å²) in [6.07, 6.45) is 2.28. The first-order valence-electron chi connectivity index (χ1n) is 7.55. The number of carboxylic acids is 1. The maximum atomic E-state index is 12.4. The van der Waals surface area contributed by atoms with E-state index in [1.165, 1.54) is 49.6 Å². The summed E-state index contributed by atoms with van der Waals surface area (Å²) in [6.45, 7) is -2.97. The van der Waals surface area contributed by atoms with Crippen LogP contribution in [0.4, 0.5) is 8.78 Å². The number of rotatable bonds is 8. The van der Waals surface area contributed by atoms with Crippen molar-refractivity contribution in [3.63, 3.8) is 0 Å². The van der Waals surface area contributed by atoms with Crippen molar-refractivity contribution in [1.29, 1.82) is 0 Å². The summed E-state index contributed by atoms with van der Waals surface area (Å²) in [5.74, 6) is -1.15. The summed E-state index contributed by atoms with van der Waals surface area (Å²) in [7, 11) is 1.40. The molecule has 0 aliphatic carbocycles. The predicted octanol–water partition coefficient (Wildman–Crippen LogP) is 3.82. The molecule has 0 unspecified atom stereocenters. The van der Waals surface area contributed by atoms with E-state index in [2.05, 4.69) is 4.74 Å². The van der Waals surface area contributed by atoms with Crippen LogP contribution < -0.4 is 9.47 Å². The third-order valence-electron chi connectivity index (χ3n) is 3.46. The highest BCUT2D eigenvalue weighted by molar-refractivity contribution is 6.07. The molecule has 5 nitrogen and oxygen atoms in total. The molecule has 0 aromatic heterocycles. The van der Waals surface area contributed by atoms with Crippen LogP contribution in [0.15, 0.2) is 48.5 Å². The van der Waals surface area contributed by atoms with Gasteiger partial charge in [-0.1, -0.05) is 18.2 Å². The molecule has 0 spiro atoms. The van der Waals surface area contributed by atoms with E-state index in [1.54, 1.807) is 12.1 Å². The highest BCUT2D eigenvalue weighted by Crippen LogP contribution is 2.23. The van der Waals surface area contributed by atoms with E-state index in [0.717, 1.165) is 0 Å². The van der Waals surface area contributed by atoms with Crippen LogP contribution in [0.5, 0.6) is 11.5 Å². The molecule has 0 aliphatic heterocycles. The van der Waals surface area contributed by atoms with Crippen LogP contribution in [-0.4, -0.2) is 30.6 Å². The Morgan fingerprint density at radius 3 is 2.54 bits per heavy atom. The van der Waals surface area contributed by atoms with Crippen molar-refractivity contribution in [1.82, 2.24) is 0 Å². The van der Waals surface area contributed by atoms with Crippen molar-refractivity contribution in [2.24, 2.45) is 0 Å². The van der Waals surface area contributed by atoms with Crippen LogP contribution in [0, 0.1) is 0 Å². The summed E-state index contributed by atoms with van der Waals surface area (Å²) < 4.78 is 34.3. The molecule has 0 amide bonds.